The number of imide groups is 1. The number of H-pyrrole nitrogens is 1. The summed E-state index contributed by atoms with van der Waals surface area (Å²) in [5.74, 6) is 0.599. The van der Waals surface area contributed by atoms with Crippen LogP contribution in [0.15, 0.2) is 59.8 Å². The van der Waals surface area contributed by atoms with Crippen LogP contribution in [0.4, 0.5) is 5.69 Å². The molecular weight excluding hydrogens is 376 g/mol. The van der Waals surface area contributed by atoms with E-state index in [1.54, 1.807) is 18.2 Å². The lowest BCUT2D eigenvalue weighted by Crippen LogP contribution is -2.31. The number of carbonyl (C=O) groups excluding carboxylic acids is 2. The summed E-state index contributed by atoms with van der Waals surface area (Å²) in [7, 11) is 0. The lowest BCUT2D eigenvalue weighted by Gasteiger charge is -2.18. The van der Waals surface area contributed by atoms with Crippen LogP contribution < -0.4 is 9.64 Å². The lowest BCUT2D eigenvalue weighted by molar-refractivity contribution is -0.121. The second-order valence-electron chi connectivity index (χ2n) is 6.11. The minimum atomic E-state index is -0.568. The summed E-state index contributed by atoms with van der Waals surface area (Å²) in [6.45, 7) is 2.31. The van der Waals surface area contributed by atoms with E-state index in [0.717, 1.165) is 5.56 Å². The molecule has 142 valence electrons. The average Bonchev–Trinajstić information content (AvgIpc) is 3.28. The third-order valence-electron chi connectivity index (χ3n) is 4.27. The van der Waals surface area contributed by atoms with Gasteiger partial charge in [-0.05, 0) is 19.1 Å². The topological polar surface area (TPSA) is 88.2 Å². The Morgan fingerprint density at radius 2 is 1.89 bits per heavy atom. The fraction of sp³-hybridized carbons (Fsp3) is 0.200. The zero-order valence-electron chi connectivity index (χ0n) is 15.2. The van der Waals surface area contributed by atoms with Crippen molar-refractivity contribution in [2.75, 3.05) is 11.5 Å². The number of rotatable bonds is 6. The molecule has 2 amide bonds. The van der Waals surface area contributed by atoms with Gasteiger partial charge in [-0.15, -0.1) is 5.10 Å². The van der Waals surface area contributed by atoms with Crippen molar-refractivity contribution in [1.29, 1.82) is 0 Å². The number of hydrogen-bond donors (Lipinski definition) is 1. The number of hydrogen-bond acceptors (Lipinski definition) is 6. The number of para-hydroxylation sites is 2. The van der Waals surface area contributed by atoms with Gasteiger partial charge in [0.2, 0.25) is 17.0 Å². The van der Waals surface area contributed by atoms with Crippen molar-refractivity contribution in [1.82, 2.24) is 15.2 Å². The Morgan fingerprint density at radius 1 is 1.14 bits per heavy atom. The summed E-state index contributed by atoms with van der Waals surface area (Å²) in [5.41, 5.74) is 1.38. The standard InChI is InChI=1S/C20H18N4O3S/c1-2-27-15-11-7-6-10-14(15)24-17(25)12-16(19(24)26)28-20-21-18(22-23-20)13-8-4-3-5-9-13/h3-11,16H,2,12H2,1H3,(H,21,22,23)/t16-/m0/s1. The molecule has 0 saturated carbocycles. The number of aromatic amines is 1. The summed E-state index contributed by atoms with van der Waals surface area (Å²) in [6, 6.07) is 16.7. The Balaban J connectivity index is 1.53. The second-order valence-corrected chi connectivity index (χ2v) is 7.28. The van der Waals surface area contributed by atoms with Crippen LogP contribution in [-0.4, -0.2) is 38.9 Å². The predicted molar refractivity (Wildman–Crippen MR) is 106 cm³/mol. The van der Waals surface area contributed by atoms with Crippen molar-refractivity contribution in [3.05, 3.63) is 54.6 Å². The highest BCUT2D eigenvalue weighted by atomic mass is 32.2. The van der Waals surface area contributed by atoms with Gasteiger partial charge in [-0.2, -0.15) is 0 Å². The first kappa shape index (κ1) is 18.2. The Hall–Kier alpha value is -3.13. The van der Waals surface area contributed by atoms with Crippen LogP contribution in [0, 0.1) is 0 Å². The van der Waals surface area contributed by atoms with Gasteiger partial charge in [0.1, 0.15) is 11.0 Å². The molecule has 8 heteroatoms. The molecule has 1 atom stereocenters. The van der Waals surface area contributed by atoms with Crippen LogP contribution in [0.2, 0.25) is 0 Å². The summed E-state index contributed by atoms with van der Waals surface area (Å²) in [6.07, 6.45) is 0.0964. The highest BCUT2D eigenvalue weighted by Gasteiger charge is 2.41. The molecule has 0 spiro atoms. The van der Waals surface area contributed by atoms with Crippen LogP contribution in [0.5, 0.6) is 5.75 Å². The summed E-state index contributed by atoms with van der Waals surface area (Å²) in [4.78, 5) is 31.1. The number of thioether (sulfide) groups is 1. The van der Waals surface area contributed by atoms with E-state index < -0.39 is 5.25 Å². The van der Waals surface area contributed by atoms with Crippen LogP contribution in [0.1, 0.15) is 13.3 Å². The molecule has 1 aliphatic rings. The molecule has 1 aromatic heterocycles. The monoisotopic (exact) mass is 394 g/mol. The molecule has 0 bridgehead atoms. The van der Waals surface area contributed by atoms with Crippen molar-refractivity contribution in [3.8, 4) is 17.1 Å². The van der Waals surface area contributed by atoms with Crippen LogP contribution in [0.25, 0.3) is 11.4 Å². The minimum absolute atomic E-state index is 0.0964. The highest BCUT2D eigenvalue weighted by molar-refractivity contribution is 8.00. The van der Waals surface area contributed by atoms with Crippen LogP contribution in [-0.2, 0) is 9.59 Å². The van der Waals surface area contributed by atoms with Gasteiger partial charge in [-0.25, -0.2) is 9.88 Å². The van der Waals surface area contributed by atoms with E-state index in [2.05, 4.69) is 15.2 Å². The third-order valence-corrected chi connectivity index (χ3v) is 5.32. The maximum absolute atomic E-state index is 12.9. The molecule has 7 nitrogen and oxygen atoms in total. The molecule has 1 N–H and O–H groups in total. The third kappa shape index (κ3) is 3.50. The number of carbonyl (C=O) groups is 2. The van der Waals surface area contributed by atoms with E-state index in [9.17, 15) is 9.59 Å². The van der Waals surface area contributed by atoms with E-state index in [1.165, 1.54) is 16.7 Å². The molecule has 4 rings (SSSR count). The van der Waals surface area contributed by atoms with Crippen molar-refractivity contribution >= 4 is 29.3 Å². The van der Waals surface area contributed by atoms with Crippen molar-refractivity contribution < 1.29 is 14.3 Å². The van der Waals surface area contributed by atoms with Gasteiger partial charge in [-0.1, -0.05) is 54.2 Å². The van der Waals surface area contributed by atoms with E-state index in [0.29, 0.717) is 29.0 Å². The lowest BCUT2D eigenvalue weighted by atomic mass is 10.2. The average molecular weight is 394 g/mol. The first-order valence-corrected chi connectivity index (χ1v) is 9.78. The van der Waals surface area contributed by atoms with Gasteiger partial charge in [0.05, 0.1) is 12.3 Å². The smallest absolute Gasteiger partial charge is 0.248 e. The Labute approximate surface area is 166 Å². The summed E-state index contributed by atoms with van der Waals surface area (Å²) in [5, 5.41) is 6.93. The fourth-order valence-electron chi connectivity index (χ4n) is 3.02. The molecule has 0 aliphatic carbocycles. The van der Waals surface area contributed by atoms with Gasteiger partial charge in [0.25, 0.3) is 0 Å². The molecular formula is C20H18N4O3S. The second kappa shape index (κ2) is 7.85. The number of anilines is 1. The zero-order valence-corrected chi connectivity index (χ0v) is 16.0. The predicted octanol–water partition coefficient (Wildman–Crippen LogP) is 3.29. The number of benzene rings is 2. The highest BCUT2D eigenvalue weighted by Crippen LogP contribution is 2.37. The minimum Gasteiger partial charge on any atom is -0.492 e. The Morgan fingerprint density at radius 3 is 2.68 bits per heavy atom. The first-order chi connectivity index (χ1) is 13.7. The maximum Gasteiger partial charge on any atom is 0.248 e. The van der Waals surface area contributed by atoms with Gasteiger partial charge in [0.15, 0.2) is 5.82 Å². The molecule has 1 fully saturated rings. The SMILES string of the molecule is CCOc1ccccc1N1C(=O)C[C@H](Sc2n[nH]c(-c3ccccc3)n2)C1=O. The molecule has 28 heavy (non-hydrogen) atoms. The van der Waals surface area contributed by atoms with Gasteiger partial charge < -0.3 is 4.74 Å². The molecule has 0 unspecified atom stereocenters. The zero-order chi connectivity index (χ0) is 19.5. The van der Waals surface area contributed by atoms with E-state index in [4.69, 9.17) is 4.74 Å². The van der Waals surface area contributed by atoms with Gasteiger partial charge >= 0.3 is 0 Å². The van der Waals surface area contributed by atoms with E-state index in [-0.39, 0.29) is 18.2 Å². The molecule has 2 heterocycles. The Kier molecular flexibility index (Phi) is 5.12. The Bertz CT molecular complexity index is 1010. The quantitative estimate of drug-likeness (QED) is 0.646. The van der Waals surface area contributed by atoms with Crippen molar-refractivity contribution in [2.45, 2.75) is 23.8 Å². The maximum atomic E-state index is 12.9. The molecule has 2 aromatic carbocycles. The van der Waals surface area contributed by atoms with Gasteiger partial charge in [-0.3, -0.25) is 14.7 Å². The molecule has 1 aliphatic heterocycles. The fourth-order valence-corrected chi connectivity index (χ4v) is 3.95. The normalized spacial score (nSPS) is 16.6. The van der Waals surface area contributed by atoms with Crippen molar-refractivity contribution in [3.63, 3.8) is 0 Å². The van der Waals surface area contributed by atoms with Crippen LogP contribution >= 0.6 is 11.8 Å². The number of nitrogens with zero attached hydrogens (tertiary/aromatic N) is 3. The van der Waals surface area contributed by atoms with Crippen LogP contribution in [0.3, 0.4) is 0 Å². The number of ether oxygens (including phenoxy) is 1. The van der Waals surface area contributed by atoms with E-state index >= 15 is 0 Å². The number of amides is 2. The number of aromatic nitrogens is 3. The summed E-state index contributed by atoms with van der Waals surface area (Å²) < 4.78 is 5.57. The summed E-state index contributed by atoms with van der Waals surface area (Å²) >= 11 is 1.19. The van der Waals surface area contributed by atoms with Gasteiger partial charge in [0, 0.05) is 12.0 Å². The molecule has 0 radical (unpaired) electrons. The van der Waals surface area contributed by atoms with Crippen molar-refractivity contribution in [2.24, 2.45) is 0 Å². The molecule has 1 saturated heterocycles. The van der Waals surface area contributed by atoms with E-state index in [1.807, 2.05) is 43.3 Å². The largest absolute Gasteiger partial charge is 0.492 e. The first-order valence-electron chi connectivity index (χ1n) is 8.90. The molecule has 3 aromatic rings. The number of nitrogens with one attached hydrogen (secondary N) is 1.